The second-order valence-electron chi connectivity index (χ2n) is 5.04. The van der Waals surface area contributed by atoms with Crippen molar-refractivity contribution in [1.82, 2.24) is 0 Å². The van der Waals surface area contributed by atoms with Crippen molar-refractivity contribution in [2.45, 2.75) is 0 Å². The molecule has 3 aromatic carbocycles. The van der Waals surface area contributed by atoms with E-state index in [2.05, 4.69) is 0 Å². The number of carboxylic acids is 1. The monoisotopic (exact) mass is 312 g/mol. The summed E-state index contributed by atoms with van der Waals surface area (Å²) >= 11 is 0. The lowest BCUT2D eigenvalue weighted by atomic mass is 9.96. The van der Waals surface area contributed by atoms with Gasteiger partial charge in [0.05, 0.1) is 26.9 Å². The zero-order chi connectivity index (χ0) is 16.6. The minimum Gasteiger partial charge on any atom is -0.497 e. The van der Waals surface area contributed by atoms with Crippen LogP contribution in [0.2, 0.25) is 0 Å². The van der Waals surface area contributed by atoms with Crippen LogP contribution in [0.5, 0.6) is 17.2 Å². The summed E-state index contributed by atoms with van der Waals surface area (Å²) in [6.45, 7) is 0. The van der Waals surface area contributed by atoms with Crippen LogP contribution in [0.4, 0.5) is 0 Å². The van der Waals surface area contributed by atoms with Crippen LogP contribution in [-0.4, -0.2) is 32.4 Å². The molecule has 0 bridgehead atoms. The third kappa shape index (κ3) is 2.30. The van der Waals surface area contributed by atoms with Gasteiger partial charge in [0, 0.05) is 10.8 Å². The minimum atomic E-state index is -0.986. The Morgan fingerprint density at radius 3 is 2.30 bits per heavy atom. The van der Waals surface area contributed by atoms with Gasteiger partial charge in [0.1, 0.15) is 5.75 Å². The standard InChI is InChI=1S/C18H16O5/c1-21-11-5-4-10-8-14(18(19)20)12-6-7-15(22-2)17(23-3)16(12)13(10)9-11/h4-9H,1-3H3,(H,19,20). The first-order chi connectivity index (χ1) is 11.1. The first-order valence-electron chi connectivity index (χ1n) is 6.99. The molecule has 0 radical (unpaired) electrons. The van der Waals surface area contributed by atoms with Crippen LogP contribution in [0, 0.1) is 0 Å². The Bertz CT molecular complexity index is 914. The van der Waals surface area contributed by atoms with E-state index in [-0.39, 0.29) is 5.56 Å². The summed E-state index contributed by atoms with van der Waals surface area (Å²) < 4.78 is 16.1. The molecule has 0 atom stereocenters. The summed E-state index contributed by atoms with van der Waals surface area (Å²) in [6.07, 6.45) is 0. The van der Waals surface area contributed by atoms with Crippen molar-refractivity contribution in [1.29, 1.82) is 0 Å². The summed E-state index contributed by atoms with van der Waals surface area (Å²) in [5.74, 6) is 0.754. The number of carbonyl (C=O) groups is 1. The predicted octanol–water partition coefficient (Wildman–Crippen LogP) is 3.72. The van der Waals surface area contributed by atoms with Gasteiger partial charge in [0.25, 0.3) is 0 Å². The molecule has 0 saturated carbocycles. The van der Waals surface area contributed by atoms with Crippen molar-refractivity contribution < 1.29 is 24.1 Å². The smallest absolute Gasteiger partial charge is 0.336 e. The third-order valence-electron chi connectivity index (χ3n) is 3.90. The molecule has 1 N–H and O–H groups in total. The van der Waals surface area contributed by atoms with E-state index in [9.17, 15) is 9.90 Å². The topological polar surface area (TPSA) is 65.0 Å². The second kappa shape index (κ2) is 5.68. The molecule has 0 aliphatic carbocycles. The number of aromatic carboxylic acids is 1. The van der Waals surface area contributed by atoms with Gasteiger partial charge in [0.15, 0.2) is 11.5 Å². The summed E-state index contributed by atoms with van der Waals surface area (Å²) in [4.78, 5) is 11.6. The van der Waals surface area contributed by atoms with Crippen LogP contribution < -0.4 is 14.2 Å². The Hall–Kier alpha value is -2.95. The molecule has 23 heavy (non-hydrogen) atoms. The lowest BCUT2D eigenvalue weighted by Crippen LogP contribution is -2.00. The molecule has 0 unspecified atom stereocenters. The summed E-state index contributed by atoms with van der Waals surface area (Å²) in [6, 6.07) is 10.6. The quantitative estimate of drug-likeness (QED) is 0.744. The van der Waals surface area contributed by atoms with Gasteiger partial charge in [-0.15, -0.1) is 0 Å². The fraction of sp³-hybridized carbons (Fsp3) is 0.167. The highest BCUT2D eigenvalue weighted by molar-refractivity contribution is 6.18. The summed E-state index contributed by atoms with van der Waals surface area (Å²) in [7, 11) is 4.68. The van der Waals surface area contributed by atoms with Gasteiger partial charge < -0.3 is 19.3 Å². The van der Waals surface area contributed by atoms with E-state index < -0.39 is 5.97 Å². The number of rotatable bonds is 4. The van der Waals surface area contributed by atoms with Crippen LogP contribution in [-0.2, 0) is 0 Å². The average Bonchev–Trinajstić information content (AvgIpc) is 2.58. The van der Waals surface area contributed by atoms with E-state index in [1.54, 1.807) is 38.5 Å². The maximum Gasteiger partial charge on any atom is 0.336 e. The molecule has 0 heterocycles. The van der Waals surface area contributed by atoms with E-state index >= 15 is 0 Å². The molecule has 0 fully saturated rings. The number of carboxylic acid groups (broad SMARTS) is 1. The normalized spacial score (nSPS) is 10.7. The minimum absolute atomic E-state index is 0.221. The van der Waals surface area contributed by atoms with Crippen LogP contribution in [0.1, 0.15) is 10.4 Å². The van der Waals surface area contributed by atoms with Crippen molar-refractivity contribution >= 4 is 27.5 Å². The number of hydrogen-bond acceptors (Lipinski definition) is 4. The molecule has 5 heteroatoms. The van der Waals surface area contributed by atoms with Gasteiger partial charge in [-0.1, -0.05) is 6.07 Å². The molecular weight excluding hydrogens is 296 g/mol. The highest BCUT2D eigenvalue weighted by Crippen LogP contribution is 2.42. The first-order valence-corrected chi connectivity index (χ1v) is 6.99. The first kappa shape index (κ1) is 15.0. The predicted molar refractivity (Wildman–Crippen MR) is 88.1 cm³/mol. The summed E-state index contributed by atoms with van der Waals surface area (Å²) in [5, 5.41) is 12.5. The number of ether oxygens (including phenoxy) is 3. The molecule has 0 aliphatic heterocycles. The van der Waals surface area contributed by atoms with Gasteiger partial charge in [-0.05, 0) is 41.1 Å². The Kier molecular flexibility index (Phi) is 3.70. The Morgan fingerprint density at radius 1 is 0.913 bits per heavy atom. The molecule has 3 aromatic rings. The average molecular weight is 312 g/mol. The maximum absolute atomic E-state index is 11.6. The van der Waals surface area contributed by atoms with Gasteiger partial charge in [-0.25, -0.2) is 4.79 Å². The van der Waals surface area contributed by atoms with Crippen molar-refractivity contribution in [3.63, 3.8) is 0 Å². The van der Waals surface area contributed by atoms with Gasteiger partial charge in [0.2, 0.25) is 0 Å². The second-order valence-corrected chi connectivity index (χ2v) is 5.04. The zero-order valence-electron chi connectivity index (χ0n) is 13.0. The van der Waals surface area contributed by atoms with Gasteiger partial charge in [-0.2, -0.15) is 0 Å². The van der Waals surface area contributed by atoms with Crippen molar-refractivity contribution in [2.75, 3.05) is 21.3 Å². The Balaban J connectivity index is 2.58. The van der Waals surface area contributed by atoms with E-state index in [1.165, 1.54) is 7.11 Å². The molecular formula is C18H16O5. The summed E-state index contributed by atoms with van der Waals surface area (Å²) in [5.41, 5.74) is 0.221. The molecule has 0 aromatic heterocycles. The highest BCUT2D eigenvalue weighted by Gasteiger charge is 2.18. The molecule has 0 aliphatic rings. The fourth-order valence-corrected chi connectivity index (χ4v) is 2.83. The molecule has 0 amide bonds. The maximum atomic E-state index is 11.6. The number of hydrogen-bond donors (Lipinski definition) is 1. The van der Waals surface area contributed by atoms with Crippen LogP contribution in [0.15, 0.2) is 36.4 Å². The lowest BCUT2D eigenvalue weighted by Gasteiger charge is -2.15. The zero-order valence-corrected chi connectivity index (χ0v) is 13.0. The third-order valence-corrected chi connectivity index (χ3v) is 3.90. The number of benzene rings is 3. The molecule has 0 saturated heterocycles. The molecule has 118 valence electrons. The molecule has 0 spiro atoms. The van der Waals surface area contributed by atoms with Crippen LogP contribution >= 0.6 is 0 Å². The SMILES string of the molecule is COc1ccc2cc(C(=O)O)c3ccc(OC)c(OC)c3c2c1. The lowest BCUT2D eigenvalue weighted by molar-refractivity contribution is 0.0699. The number of fused-ring (bicyclic) bond motifs is 3. The molecule has 5 nitrogen and oxygen atoms in total. The van der Waals surface area contributed by atoms with E-state index in [0.717, 1.165) is 10.8 Å². The van der Waals surface area contributed by atoms with E-state index in [4.69, 9.17) is 14.2 Å². The van der Waals surface area contributed by atoms with E-state index in [0.29, 0.717) is 28.0 Å². The van der Waals surface area contributed by atoms with Gasteiger partial charge >= 0.3 is 5.97 Å². The Labute approximate surface area is 133 Å². The van der Waals surface area contributed by atoms with Crippen molar-refractivity contribution in [2.24, 2.45) is 0 Å². The fourth-order valence-electron chi connectivity index (χ4n) is 2.83. The Morgan fingerprint density at radius 2 is 1.70 bits per heavy atom. The molecule has 3 rings (SSSR count). The van der Waals surface area contributed by atoms with Crippen molar-refractivity contribution in [3.05, 3.63) is 42.0 Å². The number of methoxy groups -OCH3 is 3. The largest absolute Gasteiger partial charge is 0.497 e. The van der Waals surface area contributed by atoms with Crippen LogP contribution in [0.25, 0.3) is 21.5 Å². The van der Waals surface area contributed by atoms with Crippen LogP contribution in [0.3, 0.4) is 0 Å². The van der Waals surface area contributed by atoms with Gasteiger partial charge in [-0.3, -0.25) is 0 Å². The highest BCUT2D eigenvalue weighted by atomic mass is 16.5. The van der Waals surface area contributed by atoms with Crippen molar-refractivity contribution in [3.8, 4) is 17.2 Å². The van der Waals surface area contributed by atoms with E-state index in [1.807, 2.05) is 12.1 Å².